The van der Waals surface area contributed by atoms with Crippen LogP contribution in [0.3, 0.4) is 0 Å². The summed E-state index contributed by atoms with van der Waals surface area (Å²) in [6.45, 7) is 6.30. The standard InChI is InChI=1S/C19H26O3/c1-18(2)14-10-16(18)19(17(11-14)22-19)8-9-21-12-13-4-6-15(20-3)7-5-13/h4-7,14,16-17H,8-12H2,1-3H3. The molecule has 0 spiro atoms. The monoisotopic (exact) mass is 302 g/mol. The van der Waals surface area contributed by atoms with E-state index in [9.17, 15) is 0 Å². The summed E-state index contributed by atoms with van der Waals surface area (Å²) in [4.78, 5) is 0. The van der Waals surface area contributed by atoms with Crippen molar-refractivity contribution in [2.45, 2.75) is 51.4 Å². The summed E-state index contributed by atoms with van der Waals surface area (Å²) in [6, 6.07) is 8.09. The van der Waals surface area contributed by atoms with Crippen LogP contribution in [0.25, 0.3) is 0 Å². The maximum Gasteiger partial charge on any atom is 0.118 e. The molecule has 1 aromatic carbocycles. The summed E-state index contributed by atoms with van der Waals surface area (Å²) in [6.07, 6.45) is 4.20. The number of hydrogen-bond donors (Lipinski definition) is 0. The largest absolute Gasteiger partial charge is 0.497 e. The SMILES string of the molecule is COc1ccc(COCCC23OC2CC2CC3C2(C)C)cc1. The second-order valence-corrected chi connectivity index (χ2v) is 7.75. The summed E-state index contributed by atoms with van der Waals surface area (Å²) >= 11 is 0. The van der Waals surface area contributed by atoms with Crippen molar-refractivity contribution in [1.29, 1.82) is 0 Å². The predicted octanol–water partition coefficient (Wildman–Crippen LogP) is 3.81. The van der Waals surface area contributed by atoms with Crippen molar-refractivity contribution in [2.75, 3.05) is 13.7 Å². The Morgan fingerprint density at radius 1 is 1.18 bits per heavy atom. The van der Waals surface area contributed by atoms with E-state index in [0.717, 1.165) is 30.6 Å². The van der Waals surface area contributed by atoms with Crippen LogP contribution in [0, 0.1) is 17.3 Å². The number of rotatable bonds is 6. The summed E-state index contributed by atoms with van der Waals surface area (Å²) in [5.41, 5.74) is 1.82. The Morgan fingerprint density at radius 2 is 1.95 bits per heavy atom. The van der Waals surface area contributed by atoms with E-state index in [4.69, 9.17) is 14.2 Å². The molecule has 1 aromatic rings. The topological polar surface area (TPSA) is 31.0 Å². The minimum Gasteiger partial charge on any atom is -0.497 e. The van der Waals surface area contributed by atoms with Crippen molar-refractivity contribution in [3.8, 4) is 5.75 Å². The fourth-order valence-electron chi connectivity index (χ4n) is 4.83. The van der Waals surface area contributed by atoms with E-state index >= 15 is 0 Å². The van der Waals surface area contributed by atoms with Crippen LogP contribution >= 0.6 is 0 Å². The molecule has 0 N–H and O–H groups in total. The molecule has 4 unspecified atom stereocenters. The Bertz CT molecular complexity index is 550. The van der Waals surface area contributed by atoms with Gasteiger partial charge >= 0.3 is 0 Å². The number of hydrogen-bond acceptors (Lipinski definition) is 3. The third-order valence-electron chi connectivity index (χ3n) is 6.47. The molecular formula is C19H26O3. The molecule has 5 rings (SSSR count). The minimum atomic E-state index is 0.151. The summed E-state index contributed by atoms with van der Waals surface area (Å²) in [5, 5.41) is 0. The van der Waals surface area contributed by atoms with Crippen LogP contribution in [0.1, 0.15) is 38.7 Å². The van der Waals surface area contributed by atoms with E-state index < -0.39 is 0 Å². The third-order valence-corrected chi connectivity index (χ3v) is 6.47. The molecule has 120 valence electrons. The summed E-state index contributed by atoms with van der Waals surface area (Å²) in [7, 11) is 1.69. The molecular weight excluding hydrogens is 276 g/mol. The van der Waals surface area contributed by atoms with Gasteiger partial charge in [0.25, 0.3) is 0 Å². The third kappa shape index (κ3) is 2.10. The Labute approximate surface area is 132 Å². The van der Waals surface area contributed by atoms with Crippen LogP contribution in [-0.2, 0) is 16.1 Å². The van der Waals surface area contributed by atoms with Gasteiger partial charge in [-0.3, -0.25) is 0 Å². The molecule has 3 heteroatoms. The first-order valence-corrected chi connectivity index (χ1v) is 8.45. The van der Waals surface area contributed by atoms with E-state index in [1.807, 2.05) is 12.1 Å². The van der Waals surface area contributed by atoms with Crippen molar-refractivity contribution in [3.05, 3.63) is 29.8 Å². The molecule has 4 fully saturated rings. The fourth-order valence-corrected chi connectivity index (χ4v) is 4.83. The van der Waals surface area contributed by atoms with Crippen LogP contribution in [0.4, 0.5) is 0 Å². The van der Waals surface area contributed by atoms with Gasteiger partial charge < -0.3 is 14.2 Å². The van der Waals surface area contributed by atoms with Crippen LogP contribution < -0.4 is 4.74 Å². The Balaban J connectivity index is 1.27. The van der Waals surface area contributed by atoms with Crippen molar-refractivity contribution in [2.24, 2.45) is 17.3 Å². The quantitative estimate of drug-likeness (QED) is 0.591. The predicted molar refractivity (Wildman–Crippen MR) is 84.9 cm³/mol. The van der Waals surface area contributed by atoms with E-state index in [0.29, 0.717) is 18.1 Å². The molecule has 0 aromatic heterocycles. The van der Waals surface area contributed by atoms with E-state index in [2.05, 4.69) is 26.0 Å². The second-order valence-electron chi connectivity index (χ2n) is 7.75. The average molecular weight is 302 g/mol. The zero-order valence-electron chi connectivity index (χ0n) is 13.8. The molecule has 3 aliphatic carbocycles. The normalized spacial score (nSPS) is 37.1. The molecule has 0 amide bonds. The molecule has 1 heterocycles. The second kappa shape index (κ2) is 4.97. The van der Waals surface area contributed by atoms with Crippen LogP contribution in [-0.4, -0.2) is 25.4 Å². The summed E-state index contributed by atoms with van der Waals surface area (Å²) in [5.74, 6) is 2.52. The van der Waals surface area contributed by atoms with Crippen molar-refractivity contribution in [3.63, 3.8) is 0 Å². The first-order chi connectivity index (χ1) is 10.6. The number of methoxy groups -OCH3 is 1. The van der Waals surface area contributed by atoms with Gasteiger partial charge in [0.15, 0.2) is 0 Å². The molecule has 4 aliphatic rings. The molecule has 2 bridgehead atoms. The van der Waals surface area contributed by atoms with Crippen LogP contribution in [0.2, 0.25) is 0 Å². The van der Waals surface area contributed by atoms with Gasteiger partial charge in [-0.1, -0.05) is 26.0 Å². The van der Waals surface area contributed by atoms with Gasteiger partial charge in [-0.25, -0.2) is 0 Å². The van der Waals surface area contributed by atoms with E-state index in [1.165, 1.54) is 18.4 Å². The van der Waals surface area contributed by atoms with Gasteiger partial charge in [0.1, 0.15) is 11.4 Å². The molecule has 3 saturated carbocycles. The van der Waals surface area contributed by atoms with Gasteiger partial charge in [0.2, 0.25) is 0 Å². The zero-order valence-corrected chi connectivity index (χ0v) is 13.8. The molecule has 22 heavy (non-hydrogen) atoms. The first kappa shape index (κ1) is 14.5. The summed E-state index contributed by atoms with van der Waals surface area (Å²) < 4.78 is 17.2. The van der Waals surface area contributed by atoms with Gasteiger partial charge in [-0.15, -0.1) is 0 Å². The highest BCUT2D eigenvalue weighted by Gasteiger charge is 2.74. The maximum atomic E-state index is 6.14. The van der Waals surface area contributed by atoms with Gasteiger partial charge in [0, 0.05) is 13.0 Å². The van der Waals surface area contributed by atoms with Crippen molar-refractivity contribution < 1.29 is 14.2 Å². The highest BCUT2D eigenvalue weighted by molar-refractivity contribution is 5.26. The number of epoxide rings is 1. The number of benzene rings is 1. The first-order valence-electron chi connectivity index (χ1n) is 8.45. The Kier molecular flexibility index (Phi) is 3.28. The Hall–Kier alpha value is -1.06. The highest BCUT2D eigenvalue weighted by atomic mass is 16.6. The molecule has 3 nitrogen and oxygen atoms in total. The van der Waals surface area contributed by atoms with Crippen LogP contribution in [0.15, 0.2) is 24.3 Å². The van der Waals surface area contributed by atoms with Crippen molar-refractivity contribution >= 4 is 0 Å². The number of ether oxygens (including phenoxy) is 3. The lowest BCUT2D eigenvalue weighted by atomic mass is 9.45. The molecule has 0 radical (unpaired) electrons. The van der Waals surface area contributed by atoms with Gasteiger partial charge in [-0.2, -0.15) is 0 Å². The zero-order chi connectivity index (χ0) is 15.4. The average Bonchev–Trinajstić information content (AvgIpc) is 3.26. The lowest BCUT2D eigenvalue weighted by Gasteiger charge is -2.58. The smallest absolute Gasteiger partial charge is 0.118 e. The molecule has 4 atom stereocenters. The fraction of sp³-hybridized carbons (Fsp3) is 0.684. The van der Waals surface area contributed by atoms with Crippen molar-refractivity contribution in [1.82, 2.24) is 0 Å². The van der Waals surface area contributed by atoms with Gasteiger partial charge in [-0.05, 0) is 47.8 Å². The minimum absolute atomic E-state index is 0.151. The molecule has 1 aliphatic heterocycles. The molecule has 1 saturated heterocycles. The maximum absolute atomic E-state index is 6.14. The van der Waals surface area contributed by atoms with E-state index in [-0.39, 0.29) is 5.60 Å². The lowest BCUT2D eigenvalue weighted by Crippen LogP contribution is -2.57. The lowest BCUT2D eigenvalue weighted by molar-refractivity contribution is -0.0919. The highest BCUT2D eigenvalue weighted by Crippen LogP contribution is 2.71. The van der Waals surface area contributed by atoms with E-state index in [1.54, 1.807) is 7.11 Å². The van der Waals surface area contributed by atoms with Gasteiger partial charge in [0.05, 0.1) is 19.8 Å². The van der Waals surface area contributed by atoms with Crippen LogP contribution in [0.5, 0.6) is 5.75 Å². The Morgan fingerprint density at radius 3 is 2.64 bits per heavy atom.